The predicted molar refractivity (Wildman–Crippen MR) is 86.2 cm³/mol. The van der Waals surface area contributed by atoms with Crippen LogP contribution in [0.3, 0.4) is 0 Å². The van der Waals surface area contributed by atoms with Crippen molar-refractivity contribution < 1.29 is 4.42 Å². The minimum absolute atomic E-state index is 0.411. The summed E-state index contributed by atoms with van der Waals surface area (Å²) in [6, 6.07) is 16.4. The molecule has 2 aliphatic carbocycles. The van der Waals surface area contributed by atoms with E-state index in [1.54, 1.807) is 6.26 Å². The Morgan fingerprint density at radius 1 is 1.05 bits per heavy atom. The van der Waals surface area contributed by atoms with Crippen molar-refractivity contribution >= 4 is 34.8 Å². The largest absolute Gasteiger partial charge is 0.437 e. The first-order valence-corrected chi connectivity index (χ1v) is 7.26. The highest BCUT2D eigenvalue weighted by atomic mass is 127. The number of hydrogen-bond acceptors (Lipinski definition) is 2. The van der Waals surface area contributed by atoms with Crippen LogP contribution in [0.15, 0.2) is 59.2 Å². The first kappa shape index (κ1) is 12.6. The van der Waals surface area contributed by atoms with E-state index in [0.29, 0.717) is 4.84 Å². The van der Waals surface area contributed by atoms with E-state index in [4.69, 9.17) is 16.6 Å². The number of aromatic nitrogens is 1. The zero-order chi connectivity index (χ0) is 13.2. The average molecular weight is 379 g/mol. The maximum absolute atomic E-state index is 4.98. The number of hydrogen-bond donors (Lipinski definition) is 1. The molecule has 4 rings (SSSR count). The maximum atomic E-state index is 4.98. The summed E-state index contributed by atoms with van der Waals surface area (Å²) in [4.78, 5) is 3.35. The van der Waals surface area contributed by atoms with Crippen LogP contribution in [0, 0.1) is 18.8 Å². The Balaban J connectivity index is 0.000000132. The molecule has 0 aliphatic heterocycles. The topological polar surface area (TPSA) is 28.9 Å². The van der Waals surface area contributed by atoms with Gasteiger partial charge in [-0.2, -0.15) is 0 Å². The Kier molecular flexibility index (Phi) is 3.52. The first-order valence-electron chi connectivity index (χ1n) is 5.77. The smallest absolute Gasteiger partial charge is 0.266 e. The summed E-state index contributed by atoms with van der Waals surface area (Å²) in [5, 5.41) is 2.89. The summed E-state index contributed by atoms with van der Waals surface area (Å²) in [5.41, 5.74) is 2.00. The third-order valence-electron chi connectivity index (χ3n) is 2.89. The predicted octanol–water partition coefficient (Wildman–Crippen LogP) is 4.90. The number of halogens is 1. The number of H-pyrrole nitrogens is 1. The Bertz CT molecular complexity index is 852. The van der Waals surface area contributed by atoms with Crippen molar-refractivity contribution in [3.05, 3.63) is 73.6 Å². The van der Waals surface area contributed by atoms with Crippen molar-refractivity contribution in [2.24, 2.45) is 0 Å². The molecule has 0 spiro atoms. The van der Waals surface area contributed by atoms with Crippen LogP contribution in [-0.4, -0.2) is 4.98 Å². The Hall–Kier alpha value is -1.40. The van der Waals surface area contributed by atoms with Crippen molar-refractivity contribution in [2.45, 2.75) is 0 Å². The molecule has 1 aromatic heterocycles. The fourth-order valence-electron chi connectivity index (χ4n) is 1.78. The number of rotatable bonds is 1. The summed E-state index contributed by atoms with van der Waals surface area (Å²) in [7, 11) is 0. The fourth-order valence-corrected chi connectivity index (χ4v) is 2.77. The first-order chi connectivity index (χ1) is 9.24. The number of oxazole rings is 1. The molecular weight excluding hydrogens is 369 g/mol. The third kappa shape index (κ3) is 2.64. The lowest BCUT2D eigenvalue weighted by atomic mass is 10.1. The van der Waals surface area contributed by atoms with E-state index in [2.05, 4.69) is 45.8 Å². The minimum atomic E-state index is 0.411. The van der Waals surface area contributed by atoms with Gasteiger partial charge in [0.2, 0.25) is 0 Å². The molecule has 19 heavy (non-hydrogen) atoms. The molecule has 0 bridgehead atoms. The Morgan fingerprint density at radius 2 is 1.84 bits per heavy atom. The lowest BCUT2D eigenvalue weighted by molar-refractivity contribution is 0.541. The maximum Gasteiger partial charge on any atom is 0.266 e. The van der Waals surface area contributed by atoms with Gasteiger partial charge in [-0.3, -0.25) is 0 Å². The second-order valence-electron chi connectivity index (χ2n) is 4.12. The van der Waals surface area contributed by atoms with Gasteiger partial charge >= 0.3 is 0 Å². The zero-order valence-electron chi connectivity index (χ0n) is 9.89. The van der Waals surface area contributed by atoms with Gasteiger partial charge in [-0.05, 0) is 51.3 Å². The molecule has 2 nitrogen and oxygen atoms in total. The molecule has 2 aromatic rings. The standard InChI is InChI=1S/C9H7NOS.C6H3I/c12-9-10-8(6-11-9)7-4-2-1-3-5-7;7-6-3-4-1-2-5(4)6/h1-6H,(H,10,12);1-3H. The lowest BCUT2D eigenvalue weighted by Gasteiger charge is -2.02. The molecule has 1 heterocycles. The Morgan fingerprint density at radius 3 is 2.21 bits per heavy atom. The van der Waals surface area contributed by atoms with Gasteiger partial charge in [-0.1, -0.05) is 42.5 Å². The normalized spacial score (nSPS) is 10.6. The SMILES string of the molecule is Ic1cc2ccc1=2.S=c1[nH]c(-c2ccccc2)co1. The molecule has 4 heteroatoms. The highest BCUT2D eigenvalue weighted by molar-refractivity contribution is 14.1. The molecule has 1 N–H and O–H groups in total. The zero-order valence-corrected chi connectivity index (χ0v) is 12.9. The second-order valence-corrected chi connectivity index (χ2v) is 5.66. The summed E-state index contributed by atoms with van der Waals surface area (Å²) in [6.07, 6.45) is 1.62. The van der Waals surface area contributed by atoms with Crippen LogP contribution in [-0.2, 0) is 0 Å². The van der Waals surface area contributed by atoms with E-state index in [0.717, 1.165) is 11.3 Å². The molecule has 0 fully saturated rings. The molecule has 0 unspecified atom stereocenters. The Labute approximate surface area is 128 Å². The fraction of sp³-hybridized carbons (Fsp3) is 0. The van der Waals surface area contributed by atoms with Crippen molar-refractivity contribution in [1.82, 2.24) is 4.98 Å². The van der Waals surface area contributed by atoms with E-state index >= 15 is 0 Å². The van der Waals surface area contributed by atoms with Crippen LogP contribution < -0.4 is 0 Å². The van der Waals surface area contributed by atoms with E-state index in [9.17, 15) is 0 Å². The molecule has 0 radical (unpaired) electrons. The summed E-state index contributed by atoms with van der Waals surface area (Å²) in [5.74, 6) is 0. The van der Waals surface area contributed by atoms with Gasteiger partial charge in [0.1, 0.15) is 6.26 Å². The van der Waals surface area contributed by atoms with E-state index in [1.807, 2.05) is 30.3 Å². The molecule has 2 aliphatic rings. The van der Waals surface area contributed by atoms with Crippen LogP contribution in [0.25, 0.3) is 11.3 Å². The van der Waals surface area contributed by atoms with Crippen LogP contribution in [0.2, 0.25) is 0 Å². The highest BCUT2D eigenvalue weighted by Gasteiger charge is 1.99. The molecule has 1 aromatic carbocycles. The molecule has 0 saturated heterocycles. The van der Waals surface area contributed by atoms with Crippen molar-refractivity contribution in [1.29, 1.82) is 0 Å². The van der Waals surface area contributed by atoms with Crippen molar-refractivity contribution in [3.63, 3.8) is 0 Å². The van der Waals surface area contributed by atoms with Gasteiger partial charge in [0.25, 0.3) is 4.84 Å². The summed E-state index contributed by atoms with van der Waals surface area (Å²) in [6.45, 7) is 0. The monoisotopic (exact) mass is 379 g/mol. The number of nitrogens with one attached hydrogen (secondary N) is 1. The van der Waals surface area contributed by atoms with Gasteiger partial charge in [-0.25, -0.2) is 0 Å². The second kappa shape index (κ2) is 5.30. The van der Waals surface area contributed by atoms with Gasteiger partial charge in [0.05, 0.1) is 5.69 Å². The van der Waals surface area contributed by atoms with Crippen molar-refractivity contribution in [2.75, 3.05) is 0 Å². The van der Waals surface area contributed by atoms with E-state index in [-0.39, 0.29) is 0 Å². The third-order valence-corrected chi connectivity index (χ3v) is 3.98. The molecule has 0 saturated carbocycles. The van der Waals surface area contributed by atoms with E-state index < -0.39 is 0 Å². The summed E-state index contributed by atoms with van der Waals surface area (Å²) >= 11 is 7.15. The minimum Gasteiger partial charge on any atom is -0.437 e. The van der Waals surface area contributed by atoms with Crippen LogP contribution in [0.1, 0.15) is 0 Å². The number of aromatic amines is 1. The molecular formula is C15H10INOS. The lowest BCUT2D eigenvalue weighted by Crippen LogP contribution is -1.88. The quantitative estimate of drug-likeness (QED) is 0.377. The molecule has 0 amide bonds. The van der Waals surface area contributed by atoms with Gasteiger partial charge in [0.15, 0.2) is 0 Å². The molecule has 94 valence electrons. The van der Waals surface area contributed by atoms with Crippen molar-refractivity contribution in [3.8, 4) is 11.3 Å². The van der Waals surface area contributed by atoms with Crippen LogP contribution in [0.5, 0.6) is 0 Å². The van der Waals surface area contributed by atoms with Crippen LogP contribution in [0.4, 0.5) is 0 Å². The highest BCUT2D eigenvalue weighted by Crippen LogP contribution is 2.17. The van der Waals surface area contributed by atoms with Gasteiger partial charge < -0.3 is 9.40 Å². The van der Waals surface area contributed by atoms with E-state index in [1.165, 1.54) is 14.0 Å². The number of benzene rings is 2. The van der Waals surface area contributed by atoms with Crippen LogP contribution >= 0.6 is 34.8 Å². The molecule has 0 atom stereocenters. The summed E-state index contributed by atoms with van der Waals surface area (Å²) < 4.78 is 6.39. The van der Waals surface area contributed by atoms with Gasteiger partial charge in [-0.15, -0.1) is 0 Å². The average Bonchev–Trinajstić information content (AvgIpc) is 2.84. The van der Waals surface area contributed by atoms with Gasteiger partial charge in [0, 0.05) is 9.13 Å².